The van der Waals surface area contributed by atoms with E-state index in [0.29, 0.717) is 0 Å². The molecule has 0 N–H and O–H groups in total. The molecule has 3 aromatic rings. The average molecular weight is 278 g/mol. The van der Waals surface area contributed by atoms with Crippen molar-refractivity contribution in [3.63, 3.8) is 0 Å². The Morgan fingerprint density at radius 3 is 2.60 bits per heavy atom. The average Bonchev–Trinajstić information content (AvgIpc) is 2.89. The van der Waals surface area contributed by atoms with E-state index < -0.39 is 0 Å². The quantitative estimate of drug-likeness (QED) is 0.481. The molecule has 0 bridgehead atoms. The summed E-state index contributed by atoms with van der Waals surface area (Å²) in [5.74, 6) is 0.0450. The summed E-state index contributed by atoms with van der Waals surface area (Å²) in [6, 6.07) is 16.0. The van der Waals surface area contributed by atoms with E-state index in [2.05, 4.69) is 19.1 Å². The summed E-state index contributed by atoms with van der Waals surface area (Å²) in [5, 5.41) is 4.29. The number of allylic oxidation sites excluding steroid dienone is 1. The Kier molecular flexibility index (Phi) is 3.48. The number of thiophene rings is 1. The molecule has 0 radical (unpaired) electrons. The van der Waals surface area contributed by atoms with Crippen molar-refractivity contribution in [1.29, 1.82) is 0 Å². The Morgan fingerprint density at radius 1 is 1.05 bits per heavy atom. The van der Waals surface area contributed by atoms with Gasteiger partial charge in [-0.2, -0.15) is 0 Å². The summed E-state index contributed by atoms with van der Waals surface area (Å²) in [6.45, 7) is 2.05. The molecule has 1 aromatic heterocycles. The van der Waals surface area contributed by atoms with Crippen molar-refractivity contribution in [2.75, 3.05) is 0 Å². The van der Waals surface area contributed by atoms with Gasteiger partial charge in [-0.15, -0.1) is 11.3 Å². The van der Waals surface area contributed by atoms with Crippen molar-refractivity contribution < 1.29 is 4.79 Å². The molecule has 0 aliphatic carbocycles. The molecule has 0 atom stereocenters. The molecule has 0 fully saturated rings. The lowest BCUT2D eigenvalue weighted by molar-refractivity contribution is 0.104. The Labute approximate surface area is 122 Å². The zero-order chi connectivity index (χ0) is 13.9. The highest BCUT2D eigenvalue weighted by Gasteiger charge is 2.03. The Morgan fingerprint density at radius 2 is 1.85 bits per heavy atom. The molecule has 98 valence electrons. The zero-order valence-corrected chi connectivity index (χ0v) is 12.0. The number of rotatable bonds is 3. The first-order valence-corrected chi connectivity index (χ1v) is 7.37. The van der Waals surface area contributed by atoms with Crippen molar-refractivity contribution in [3.05, 3.63) is 76.0 Å². The van der Waals surface area contributed by atoms with Gasteiger partial charge < -0.3 is 0 Å². The summed E-state index contributed by atoms with van der Waals surface area (Å²) in [4.78, 5) is 13.4. The summed E-state index contributed by atoms with van der Waals surface area (Å²) in [6.07, 6.45) is 3.56. The van der Waals surface area contributed by atoms with Crippen LogP contribution in [0.4, 0.5) is 0 Å². The molecule has 0 aliphatic heterocycles. The second-order valence-corrected chi connectivity index (χ2v) is 5.68. The molecule has 0 spiro atoms. The number of benzene rings is 2. The van der Waals surface area contributed by atoms with Gasteiger partial charge in [0.25, 0.3) is 0 Å². The number of hydrogen-bond donors (Lipinski definition) is 0. The molecule has 0 saturated carbocycles. The first-order valence-electron chi connectivity index (χ1n) is 6.49. The number of carbonyl (C=O) groups is 1. The van der Waals surface area contributed by atoms with Crippen LogP contribution in [0.1, 0.15) is 20.8 Å². The van der Waals surface area contributed by atoms with Crippen LogP contribution >= 0.6 is 11.3 Å². The van der Waals surface area contributed by atoms with Gasteiger partial charge in [-0.25, -0.2) is 0 Å². The van der Waals surface area contributed by atoms with Crippen LogP contribution in [0.15, 0.2) is 60.0 Å². The molecular formula is C18H14OS. The van der Waals surface area contributed by atoms with Crippen LogP contribution in [0.25, 0.3) is 16.8 Å². The molecule has 2 aromatic carbocycles. The summed E-state index contributed by atoms with van der Waals surface area (Å²) in [7, 11) is 0. The monoisotopic (exact) mass is 278 g/mol. The van der Waals surface area contributed by atoms with Crippen molar-refractivity contribution >= 4 is 34.0 Å². The maximum atomic E-state index is 12.2. The van der Waals surface area contributed by atoms with E-state index in [1.165, 1.54) is 5.56 Å². The van der Waals surface area contributed by atoms with Crippen molar-refractivity contribution in [2.45, 2.75) is 6.92 Å². The van der Waals surface area contributed by atoms with E-state index in [4.69, 9.17) is 0 Å². The first kappa shape index (κ1) is 12.8. The van der Waals surface area contributed by atoms with Crippen LogP contribution < -0.4 is 0 Å². The SMILES string of the molecule is Cc1ccsc1/C=C/C(=O)c1ccc2ccccc2c1. The van der Waals surface area contributed by atoms with Gasteiger partial charge in [0, 0.05) is 10.4 Å². The number of hydrogen-bond acceptors (Lipinski definition) is 2. The second kappa shape index (κ2) is 5.43. The largest absolute Gasteiger partial charge is 0.289 e. The minimum Gasteiger partial charge on any atom is -0.289 e. The van der Waals surface area contributed by atoms with Crippen molar-refractivity contribution in [1.82, 2.24) is 0 Å². The Balaban J connectivity index is 1.89. The van der Waals surface area contributed by atoms with E-state index >= 15 is 0 Å². The highest BCUT2D eigenvalue weighted by Crippen LogP contribution is 2.19. The maximum absolute atomic E-state index is 12.2. The fourth-order valence-corrected chi connectivity index (χ4v) is 2.96. The van der Waals surface area contributed by atoms with E-state index in [9.17, 15) is 4.79 Å². The van der Waals surface area contributed by atoms with Crippen LogP contribution in [0.3, 0.4) is 0 Å². The predicted molar refractivity (Wildman–Crippen MR) is 86.4 cm³/mol. The second-order valence-electron chi connectivity index (χ2n) is 4.73. The van der Waals surface area contributed by atoms with Gasteiger partial charge in [0.2, 0.25) is 0 Å². The normalized spacial score (nSPS) is 11.2. The Bertz CT molecular complexity index is 796. The van der Waals surface area contributed by atoms with Crippen molar-refractivity contribution in [3.8, 4) is 0 Å². The minimum absolute atomic E-state index is 0.0450. The van der Waals surface area contributed by atoms with Crippen LogP contribution in [-0.4, -0.2) is 5.78 Å². The number of ketones is 1. The van der Waals surface area contributed by atoms with Gasteiger partial charge in [0.15, 0.2) is 5.78 Å². The van der Waals surface area contributed by atoms with Gasteiger partial charge in [-0.1, -0.05) is 36.4 Å². The predicted octanol–water partition coefficient (Wildman–Crippen LogP) is 5.11. The topological polar surface area (TPSA) is 17.1 Å². The molecule has 2 heteroatoms. The third-order valence-corrected chi connectivity index (χ3v) is 4.31. The number of carbonyl (C=O) groups excluding carboxylic acids is 1. The van der Waals surface area contributed by atoms with E-state index in [-0.39, 0.29) is 5.78 Å². The molecule has 0 saturated heterocycles. The molecule has 1 nitrogen and oxygen atoms in total. The minimum atomic E-state index is 0.0450. The van der Waals surface area contributed by atoms with Gasteiger partial charge in [0.05, 0.1) is 0 Å². The molecular weight excluding hydrogens is 264 g/mol. The third-order valence-electron chi connectivity index (χ3n) is 3.32. The lowest BCUT2D eigenvalue weighted by Crippen LogP contribution is -1.93. The lowest BCUT2D eigenvalue weighted by atomic mass is 10.0. The molecule has 20 heavy (non-hydrogen) atoms. The van der Waals surface area contributed by atoms with Crippen LogP contribution in [0.5, 0.6) is 0 Å². The Hall–Kier alpha value is -2.19. The highest BCUT2D eigenvalue weighted by molar-refractivity contribution is 7.11. The standard InChI is InChI=1S/C18H14OS/c1-13-10-11-20-18(13)9-8-17(19)16-7-6-14-4-2-3-5-15(14)12-16/h2-12H,1H3/b9-8+. The van der Waals surface area contributed by atoms with Gasteiger partial charge in [-0.3, -0.25) is 4.79 Å². The molecule has 0 aliphatic rings. The molecule has 0 unspecified atom stereocenters. The van der Waals surface area contributed by atoms with Crippen molar-refractivity contribution in [2.24, 2.45) is 0 Å². The van der Waals surface area contributed by atoms with Gasteiger partial charge in [-0.05, 0) is 52.9 Å². The molecule has 3 rings (SSSR count). The maximum Gasteiger partial charge on any atom is 0.185 e. The fourth-order valence-electron chi connectivity index (χ4n) is 2.15. The summed E-state index contributed by atoms with van der Waals surface area (Å²) < 4.78 is 0. The highest BCUT2D eigenvalue weighted by atomic mass is 32.1. The van der Waals surface area contributed by atoms with Gasteiger partial charge >= 0.3 is 0 Å². The summed E-state index contributed by atoms with van der Waals surface area (Å²) >= 11 is 1.65. The van der Waals surface area contributed by atoms with Crippen LogP contribution in [0.2, 0.25) is 0 Å². The number of aryl methyl sites for hydroxylation is 1. The smallest absolute Gasteiger partial charge is 0.185 e. The first-order chi connectivity index (χ1) is 9.74. The zero-order valence-electron chi connectivity index (χ0n) is 11.2. The fraction of sp³-hybridized carbons (Fsp3) is 0.0556. The van der Waals surface area contributed by atoms with Crippen LogP contribution in [0, 0.1) is 6.92 Å². The molecule has 0 amide bonds. The number of fused-ring (bicyclic) bond motifs is 1. The summed E-state index contributed by atoms with van der Waals surface area (Å²) in [5.41, 5.74) is 1.94. The van der Waals surface area contributed by atoms with E-state index in [0.717, 1.165) is 21.2 Å². The van der Waals surface area contributed by atoms with E-state index in [1.54, 1.807) is 17.4 Å². The van der Waals surface area contributed by atoms with Gasteiger partial charge in [0.1, 0.15) is 0 Å². The van der Waals surface area contributed by atoms with Crippen LogP contribution in [-0.2, 0) is 0 Å². The van der Waals surface area contributed by atoms with E-state index in [1.807, 2.05) is 47.9 Å². The lowest BCUT2D eigenvalue weighted by Gasteiger charge is -2.00. The molecule has 1 heterocycles. The third kappa shape index (κ3) is 2.56.